The van der Waals surface area contributed by atoms with Crippen molar-refractivity contribution in [3.63, 3.8) is 0 Å². The van der Waals surface area contributed by atoms with Crippen LogP contribution in [-0.2, 0) is 6.54 Å². The van der Waals surface area contributed by atoms with Crippen LogP contribution in [0.15, 0.2) is 54.9 Å². The summed E-state index contributed by atoms with van der Waals surface area (Å²) in [6.07, 6.45) is 1.51. The van der Waals surface area contributed by atoms with E-state index in [0.29, 0.717) is 22.3 Å². The topological polar surface area (TPSA) is 97.7 Å². The van der Waals surface area contributed by atoms with Gasteiger partial charge in [0, 0.05) is 15.6 Å². The second-order valence-electron chi connectivity index (χ2n) is 6.35. The average molecular weight is 443 g/mol. The van der Waals surface area contributed by atoms with E-state index in [-0.39, 0.29) is 11.6 Å². The van der Waals surface area contributed by atoms with Crippen LogP contribution < -0.4 is 10.1 Å². The lowest BCUT2D eigenvalue weighted by Crippen LogP contribution is -2.14. The maximum Gasteiger partial charge on any atom is 0.276 e. The Morgan fingerprint density at radius 1 is 1.17 bits per heavy atom. The number of methoxy groups -OCH3 is 1. The van der Waals surface area contributed by atoms with Crippen LogP contribution in [0.5, 0.6) is 5.75 Å². The zero-order valence-corrected chi connectivity index (χ0v) is 17.3. The molecule has 4 aromatic rings. The summed E-state index contributed by atoms with van der Waals surface area (Å²) in [6.45, 7) is 0.393. The number of aromatic amines is 1. The number of halogens is 2. The summed E-state index contributed by atoms with van der Waals surface area (Å²) in [6, 6.07) is 14.3. The molecule has 0 unspecified atom stereocenters. The van der Waals surface area contributed by atoms with Crippen molar-refractivity contribution < 1.29 is 9.53 Å². The predicted molar refractivity (Wildman–Crippen MR) is 114 cm³/mol. The van der Waals surface area contributed by atoms with Gasteiger partial charge in [0.15, 0.2) is 0 Å². The van der Waals surface area contributed by atoms with Crippen molar-refractivity contribution in [2.45, 2.75) is 6.54 Å². The third kappa shape index (κ3) is 4.45. The first kappa shape index (κ1) is 19.9. The van der Waals surface area contributed by atoms with E-state index in [1.165, 1.54) is 6.33 Å². The molecule has 0 fully saturated rings. The van der Waals surface area contributed by atoms with E-state index < -0.39 is 5.91 Å². The van der Waals surface area contributed by atoms with Gasteiger partial charge in [0.1, 0.15) is 17.8 Å². The standard InChI is InChI=1S/C20H16Cl2N6O2/c1-30-15-6-3-12(4-7-15)17-9-18(26-25-17)19(29)24-20-23-11-28(27-20)10-13-2-5-14(21)8-16(13)22/h2-9,11H,10H2,1H3,(H,25,26)(H,24,27,29). The minimum Gasteiger partial charge on any atom is -0.497 e. The minimum atomic E-state index is -0.399. The summed E-state index contributed by atoms with van der Waals surface area (Å²) in [4.78, 5) is 16.6. The molecule has 0 spiro atoms. The number of hydrogen-bond acceptors (Lipinski definition) is 5. The molecule has 0 radical (unpaired) electrons. The average Bonchev–Trinajstić information content (AvgIpc) is 3.40. The first-order valence-electron chi connectivity index (χ1n) is 8.86. The molecule has 30 heavy (non-hydrogen) atoms. The van der Waals surface area contributed by atoms with Crippen LogP contribution in [0.25, 0.3) is 11.3 Å². The number of carbonyl (C=O) groups excluding carboxylic acids is 1. The summed E-state index contributed by atoms with van der Waals surface area (Å²) in [5.74, 6) is 0.518. The Morgan fingerprint density at radius 3 is 2.70 bits per heavy atom. The van der Waals surface area contributed by atoms with Gasteiger partial charge in [-0.2, -0.15) is 5.10 Å². The first-order valence-corrected chi connectivity index (χ1v) is 9.62. The Balaban J connectivity index is 1.42. The smallest absolute Gasteiger partial charge is 0.276 e. The summed E-state index contributed by atoms with van der Waals surface area (Å²) < 4.78 is 6.71. The molecular weight excluding hydrogens is 427 g/mol. The normalized spacial score (nSPS) is 10.8. The van der Waals surface area contributed by atoms with Crippen LogP contribution in [0.4, 0.5) is 5.95 Å². The Hall–Kier alpha value is -3.36. The van der Waals surface area contributed by atoms with Crippen molar-refractivity contribution in [3.8, 4) is 17.0 Å². The van der Waals surface area contributed by atoms with Crippen LogP contribution in [-0.4, -0.2) is 38.0 Å². The number of nitrogens with zero attached hydrogens (tertiary/aromatic N) is 4. The number of carbonyl (C=O) groups is 1. The Bertz CT molecular complexity index is 1190. The van der Waals surface area contributed by atoms with Gasteiger partial charge in [-0.15, -0.1) is 5.10 Å². The van der Waals surface area contributed by atoms with Gasteiger partial charge in [-0.25, -0.2) is 9.67 Å². The lowest BCUT2D eigenvalue weighted by Gasteiger charge is -2.04. The number of aromatic nitrogens is 5. The monoisotopic (exact) mass is 442 g/mol. The highest BCUT2D eigenvalue weighted by atomic mass is 35.5. The van der Waals surface area contributed by atoms with Gasteiger partial charge in [-0.05, 0) is 48.0 Å². The molecule has 0 aliphatic carbocycles. The fraction of sp³-hybridized carbons (Fsp3) is 0.100. The predicted octanol–water partition coefficient (Wildman–Crippen LogP) is 4.28. The number of rotatable bonds is 6. The van der Waals surface area contributed by atoms with Crippen LogP contribution in [0.1, 0.15) is 16.1 Å². The molecule has 0 aliphatic rings. The van der Waals surface area contributed by atoms with Crippen molar-refractivity contribution >= 4 is 35.1 Å². The maximum atomic E-state index is 12.5. The maximum absolute atomic E-state index is 12.5. The molecule has 10 heteroatoms. The summed E-state index contributed by atoms with van der Waals surface area (Å²) in [5, 5.41) is 14.9. The molecule has 152 valence electrons. The van der Waals surface area contributed by atoms with Crippen LogP contribution in [0, 0.1) is 0 Å². The van der Waals surface area contributed by atoms with Gasteiger partial charge in [-0.1, -0.05) is 29.3 Å². The van der Waals surface area contributed by atoms with Gasteiger partial charge in [0.2, 0.25) is 5.95 Å². The molecule has 0 saturated carbocycles. The molecular formula is C20H16Cl2N6O2. The highest BCUT2D eigenvalue weighted by Gasteiger charge is 2.14. The SMILES string of the molecule is COc1ccc(-c2cc(C(=O)Nc3ncn(Cc4ccc(Cl)cc4Cl)n3)[nH]n2)cc1. The molecule has 4 rings (SSSR count). The molecule has 2 heterocycles. The largest absolute Gasteiger partial charge is 0.497 e. The Labute approximate surface area is 181 Å². The highest BCUT2D eigenvalue weighted by molar-refractivity contribution is 6.35. The molecule has 0 bridgehead atoms. The summed E-state index contributed by atoms with van der Waals surface area (Å²) in [7, 11) is 1.60. The molecule has 2 aromatic carbocycles. The first-order chi connectivity index (χ1) is 14.5. The number of hydrogen-bond donors (Lipinski definition) is 2. The van der Waals surface area contributed by atoms with Gasteiger partial charge >= 0.3 is 0 Å². The van der Waals surface area contributed by atoms with Gasteiger partial charge in [0.05, 0.1) is 19.3 Å². The lowest BCUT2D eigenvalue weighted by atomic mass is 10.1. The second-order valence-corrected chi connectivity index (χ2v) is 7.19. The van der Waals surface area contributed by atoms with Crippen molar-refractivity contribution in [2.24, 2.45) is 0 Å². The summed E-state index contributed by atoms with van der Waals surface area (Å²) >= 11 is 12.1. The minimum absolute atomic E-state index is 0.172. The Kier molecular flexibility index (Phi) is 5.69. The van der Waals surface area contributed by atoms with Crippen molar-refractivity contribution in [1.29, 1.82) is 0 Å². The van der Waals surface area contributed by atoms with E-state index in [0.717, 1.165) is 16.9 Å². The van der Waals surface area contributed by atoms with Crippen LogP contribution >= 0.6 is 23.2 Å². The van der Waals surface area contributed by atoms with E-state index in [2.05, 4.69) is 25.6 Å². The van der Waals surface area contributed by atoms with E-state index in [9.17, 15) is 4.79 Å². The molecule has 2 aromatic heterocycles. The van der Waals surface area contributed by atoms with Gasteiger partial charge in [0.25, 0.3) is 5.91 Å². The number of H-pyrrole nitrogens is 1. The molecule has 1 amide bonds. The molecule has 2 N–H and O–H groups in total. The third-order valence-electron chi connectivity index (χ3n) is 4.32. The van der Waals surface area contributed by atoms with Crippen molar-refractivity contribution in [3.05, 3.63) is 76.2 Å². The molecule has 0 atom stereocenters. The second kappa shape index (κ2) is 8.56. The fourth-order valence-corrected chi connectivity index (χ4v) is 3.24. The van der Waals surface area contributed by atoms with Crippen molar-refractivity contribution in [2.75, 3.05) is 12.4 Å². The van der Waals surface area contributed by atoms with Crippen LogP contribution in [0.2, 0.25) is 10.0 Å². The zero-order chi connectivity index (χ0) is 21.1. The highest BCUT2D eigenvalue weighted by Crippen LogP contribution is 2.22. The quantitative estimate of drug-likeness (QED) is 0.464. The van der Waals surface area contributed by atoms with Gasteiger partial charge < -0.3 is 4.74 Å². The van der Waals surface area contributed by atoms with E-state index >= 15 is 0 Å². The fourth-order valence-electron chi connectivity index (χ4n) is 2.77. The lowest BCUT2D eigenvalue weighted by molar-refractivity contribution is 0.102. The van der Waals surface area contributed by atoms with E-state index in [4.69, 9.17) is 27.9 Å². The van der Waals surface area contributed by atoms with E-state index in [1.807, 2.05) is 30.3 Å². The third-order valence-corrected chi connectivity index (χ3v) is 4.90. The van der Waals surface area contributed by atoms with Gasteiger partial charge in [-0.3, -0.25) is 15.2 Å². The number of anilines is 1. The zero-order valence-electron chi connectivity index (χ0n) is 15.8. The van der Waals surface area contributed by atoms with Crippen LogP contribution in [0.3, 0.4) is 0 Å². The number of amides is 1. The number of benzene rings is 2. The molecule has 0 saturated heterocycles. The Morgan fingerprint density at radius 2 is 1.97 bits per heavy atom. The number of ether oxygens (including phenoxy) is 1. The van der Waals surface area contributed by atoms with Crippen molar-refractivity contribution in [1.82, 2.24) is 25.0 Å². The molecule has 0 aliphatic heterocycles. The molecule has 8 nitrogen and oxygen atoms in total. The summed E-state index contributed by atoms with van der Waals surface area (Å²) in [5.41, 5.74) is 2.62. The number of nitrogens with one attached hydrogen (secondary N) is 2. The van der Waals surface area contributed by atoms with E-state index in [1.54, 1.807) is 30.0 Å².